The van der Waals surface area contributed by atoms with Crippen molar-refractivity contribution in [3.05, 3.63) is 28.5 Å². The first-order valence-electron chi connectivity index (χ1n) is 3.36. The van der Waals surface area contributed by atoms with Crippen LogP contribution in [-0.2, 0) is 0 Å². The van der Waals surface area contributed by atoms with Gasteiger partial charge >= 0.3 is 0 Å². The fourth-order valence-electron chi connectivity index (χ4n) is 0.741. The van der Waals surface area contributed by atoms with Crippen LogP contribution < -0.4 is 16.6 Å². The minimum Gasteiger partial charge on any atom is -0.332 e. The van der Waals surface area contributed by atoms with E-state index < -0.39 is 0 Å². The van der Waals surface area contributed by atoms with Gasteiger partial charge in [-0.05, 0) is 46.3 Å². The average Bonchev–Trinajstić information content (AvgIpc) is 2.11. The fraction of sp³-hybridized carbons (Fsp3) is 0. The summed E-state index contributed by atoms with van der Waals surface area (Å²) < 4.78 is 13.4. The van der Waals surface area contributed by atoms with Gasteiger partial charge in [0.2, 0.25) is 0 Å². The second-order valence-electron chi connectivity index (χ2n) is 2.23. The molecule has 0 saturated heterocycles. The summed E-state index contributed by atoms with van der Waals surface area (Å²) in [6, 6.07) is 4.57. The molecule has 1 rings (SSSR count). The maximum atomic E-state index is 13.0. The van der Waals surface area contributed by atoms with E-state index in [0.717, 1.165) is 0 Å². The molecule has 0 aliphatic rings. The Morgan fingerprint density at radius 3 is 2.77 bits per heavy atom. The highest BCUT2D eigenvalue weighted by Gasteiger charge is 2.00. The largest absolute Gasteiger partial charge is 0.332 e. The SMILES string of the molecule is NNC(=S)Nc1ccc(Br)c(F)c1. The molecule has 13 heavy (non-hydrogen) atoms. The van der Waals surface area contributed by atoms with Gasteiger partial charge in [0, 0.05) is 5.69 Å². The summed E-state index contributed by atoms with van der Waals surface area (Å²) in [5, 5.41) is 2.93. The lowest BCUT2D eigenvalue weighted by molar-refractivity contribution is 0.622. The van der Waals surface area contributed by atoms with Crippen LogP contribution in [0.5, 0.6) is 0 Å². The highest BCUT2D eigenvalue weighted by Crippen LogP contribution is 2.18. The highest BCUT2D eigenvalue weighted by atomic mass is 79.9. The van der Waals surface area contributed by atoms with Gasteiger partial charge in [-0.3, -0.25) is 0 Å². The zero-order valence-electron chi connectivity index (χ0n) is 6.47. The molecule has 0 saturated carbocycles. The molecule has 0 radical (unpaired) electrons. The smallest absolute Gasteiger partial charge is 0.185 e. The van der Waals surface area contributed by atoms with Crippen LogP contribution in [0.3, 0.4) is 0 Å². The number of nitrogens with one attached hydrogen (secondary N) is 2. The molecular formula is C7H7BrFN3S. The molecule has 1 aromatic rings. The van der Waals surface area contributed by atoms with E-state index in [4.69, 9.17) is 18.1 Å². The topological polar surface area (TPSA) is 50.1 Å². The molecule has 3 nitrogen and oxygen atoms in total. The first kappa shape index (κ1) is 10.4. The number of nitrogens with two attached hydrogens (primary N) is 1. The van der Waals surface area contributed by atoms with Crippen molar-refractivity contribution in [2.24, 2.45) is 5.84 Å². The first-order chi connectivity index (χ1) is 6.13. The number of thiocarbonyl (C=S) groups is 1. The lowest BCUT2D eigenvalue weighted by Gasteiger charge is -2.06. The Bertz CT molecular complexity index is 332. The number of hydrazine groups is 1. The monoisotopic (exact) mass is 263 g/mol. The number of hydrogen-bond donors (Lipinski definition) is 3. The van der Waals surface area contributed by atoms with Crippen molar-refractivity contribution >= 4 is 38.9 Å². The third-order valence-electron chi connectivity index (χ3n) is 1.31. The minimum absolute atomic E-state index is 0.238. The second-order valence-corrected chi connectivity index (χ2v) is 3.49. The molecule has 0 spiro atoms. The van der Waals surface area contributed by atoms with Crippen molar-refractivity contribution in [3.63, 3.8) is 0 Å². The molecule has 0 atom stereocenters. The van der Waals surface area contributed by atoms with Crippen LogP contribution in [0.4, 0.5) is 10.1 Å². The normalized spacial score (nSPS) is 9.46. The molecule has 1 aromatic carbocycles. The maximum absolute atomic E-state index is 13.0. The van der Waals surface area contributed by atoms with E-state index in [-0.39, 0.29) is 10.9 Å². The van der Waals surface area contributed by atoms with Crippen LogP contribution in [0.15, 0.2) is 22.7 Å². The Hall–Kier alpha value is -0.720. The standard InChI is InChI=1S/C7H7BrFN3S/c8-5-2-1-4(3-6(5)9)11-7(13)12-10/h1-3H,10H2,(H2,11,12,13). The predicted octanol–water partition coefficient (Wildman–Crippen LogP) is 1.75. The molecular weight excluding hydrogens is 257 g/mol. The van der Waals surface area contributed by atoms with Crippen LogP contribution >= 0.6 is 28.1 Å². The summed E-state index contributed by atoms with van der Waals surface area (Å²) in [5.41, 5.74) is 2.78. The third-order valence-corrected chi connectivity index (χ3v) is 2.17. The van der Waals surface area contributed by atoms with Gasteiger partial charge in [0.05, 0.1) is 4.47 Å². The molecule has 0 aliphatic heterocycles. The Labute approximate surface area is 88.6 Å². The zero-order chi connectivity index (χ0) is 9.84. The van der Waals surface area contributed by atoms with Gasteiger partial charge in [0.1, 0.15) is 5.82 Å². The van der Waals surface area contributed by atoms with Crippen LogP contribution in [-0.4, -0.2) is 5.11 Å². The summed E-state index contributed by atoms with van der Waals surface area (Å²) in [6.07, 6.45) is 0. The lowest BCUT2D eigenvalue weighted by Crippen LogP contribution is -2.34. The summed E-state index contributed by atoms with van der Waals surface area (Å²) in [7, 11) is 0. The Balaban J connectivity index is 2.79. The summed E-state index contributed by atoms with van der Waals surface area (Å²) in [5.74, 6) is 4.67. The molecule has 0 bridgehead atoms. The number of rotatable bonds is 1. The maximum Gasteiger partial charge on any atom is 0.185 e. The van der Waals surface area contributed by atoms with Gasteiger partial charge in [0.15, 0.2) is 5.11 Å². The van der Waals surface area contributed by atoms with Crippen LogP contribution in [0.2, 0.25) is 0 Å². The number of hydrogen-bond acceptors (Lipinski definition) is 2. The van der Waals surface area contributed by atoms with Crippen molar-refractivity contribution in [1.82, 2.24) is 5.43 Å². The number of anilines is 1. The molecule has 6 heteroatoms. The van der Waals surface area contributed by atoms with E-state index in [2.05, 4.69) is 26.7 Å². The number of benzene rings is 1. The van der Waals surface area contributed by atoms with Gasteiger partial charge in [0.25, 0.3) is 0 Å². The molecule has 4 N–H and O–H groups in total. The second kappa shape index (κ2) is 4.50. The van der Waals surface area contributed by atoms with E-state index in [9.17, 15) is 4.39 Å². The third kappa shape index (κ3) is 2.91. The van der Waals surface area contributed by atoms with Gasteiger partial charge in [-0.1, -0.05) is 0 Å². The van der Waals surface area contributed by atoms with E-state index >= 15 is 0 Å². The van der Waals surface area contributed by atoms with Crippen LogP contribution in [0.25, 0.3) is 0 Å². The zero-order valence-corrected chi connectivity index (χ0v) is 8.88. The molecule has 0 aromatic heterocycles. The lowest BCUT2D eigenvalue weighted by atomic mass is 10.3. The van der Waals surface area contributed by atoms with Crippen molar-refractivity contribution in [2.45, 2.75) is 0 Å². The first-order valence-corrected chi connectivity index (χ1v) is 4.56. The quantitative estimate of drug-likeness (QED) is 0.411. The van der Waals surface area contributed by atoms with E-state index in [1.54, 1.807) is 12.1 Å². The van der Waals surface area contributed by atoms with E-state index in [1.807, 2.05) is 0 Å². The average molecular weight is 264 g/mol. The van der Waals surface area contributed by atoms with Gasteiger partial charge in [-0.15, -0.1) is 0 Å². The van der Waals surface area contributed by atoms with Gasteiger partial charge in [-0.25, -0.2) is 10.2 Å². The summed E-state index contributed by atoms with van der Waals surface area (Å²) in [6.45, 7) is 0. The molecule has 0 heterocycles. The van der Waals surface area contributed by atoms with Gasteiger partial charge in [-0.2, -0.15) is 0 Å². The summed E-state index contributed by atoms with van der Waals surface area (Å²) in [4.78, 5) is 0. The molecule has 0 fully saturated rings. The van der Waals surface area contributed by atoms with Crippen molar-refractivity contribution in [2.75, 3.05) is 5.32 Å². The Morgan fingerprint density at radius 2 is 2.23 bits per heavy atom. The van der Waals surface area contributed by atoms with Crippen LogP contribution in [0.1, 0.15) is 0 Å². The van der Waals surface area contributed by atoms with Crippen molar-refractivity contribution < 1.29 is 4.39 Å². The molecule has 70 valence electrons. The molecule has 0 amide bonds. The molecule has 0 unspecified atom stereocenters. The Kier molecular flexibility index (Phi) is 3.58. The van der Waals surface area contributed by atoms with E-state index in [0.29, 0.717) is 10.2 Å². The Morgan fingerprint density at radius 1 is 1.54 bits per heavy atom. The minimum atomic E-state index is -0.357. The fourth-order valence-corrected chi connectivity index (χ4v) is 1.11. The highest BCUT2D eigenvalue weighted by molar-refractivity contribution is 9.10. The van der Waals surface area contributed by atoms with E-state index in [1.165, 1.54) is 6.07 Å². The van der Waals surface area contributed by atoms with Crippen molar-refractivity contribution in [1.29, 1.82) is 0 Å². The van der Waals surface area contributed by atoms with Crippen molar-refractivity contribution in [3.8, 4) is 0 Å². The van der Waals surface area contributed by atoms with Gasteiger partial charge < -0.3 is 10.7 Å². The predicted molar refractivity (Wildman–Crippen MR) is 57.6 cm³/mol. The number of halogens is 2. The molecule has 0 aliphatic carbocycles. The van der Waals surface area contributed by atoms with Crippen LogP contribution in [0, 0.1) is 5.82 Å². The summed E-state index contributed by atoms with van der Waals surface area (Å²) >= 11 is 7.77.